The van der Waals surface area contributed by atoms with E-state index in [9.17, 15) is 29.4 Å². The zero-order chi connectivity index (χ0) is 24.0. The molecule has 1 aromatic carbocycles. The molecule has 0 aliphatic carbocycles. The van der Waals surface area contributed by atoms with Gasteiger partial charge in [-0.1, -0.05) is 26.0 Å². The highest BCUT2D eigenvalue weighted by Crippen LogP contribution is 2.19. The fourth-order valence-electron chi connectivity index (χ4n) is 3.68. The topological polar surface area (TPSA) is 162 Å². The van der Waals surface area contributed by atoms with Crippen molar-refractivity contribution in [1.29, 1.82) is 0 Å². The smallest absolute Gasteiger partial charge is 0.326 e. The van der Waals surface area contributed by atoms with Crippen molar-refractivity contribution in [2.24, 2.45) is 11.7 Å². The third-order valence-electron chi connectivity index (χ3n) is 5.53. The van der Waals surface area contributed by atoms with Crippen LogP contribution < -0.4 is 16.4 Å². The van der Waals surface area contributed by atoms with Gasteiger partial charge in [-0.2, -0.15) is 0 Å². The second-order valence-corrected chi connectivity index (χ2v) is 8.47. The van der Waals surface area contributed by atoms with Crippen molar-refractivity contribution in [3.05, 3.63) is 29.8 Å². The first kappa shape index (κ1) is 25.1. The van der Waals surface area contributed by atoms with E-state index in [0.717, 1.165) is 5.56 Å². The van der Waals surface area contributed by atoms with E-state index in [1.165, 1.54) is 24.0 Å². The first-order valence-electron chi connectivity index (χ1n) is 10.7. The number of benzene rings is 1. The van der Waals surface area contributed by atoms with Gasteiger partial charge in [0.2, 0.25) is 17.7 Å². The van der Waals surface area contributed by atoms with Gasteiger partial charge in [0.05, 0.1) is 6.04 Å². The summed E-state index contributed by atoms with van der Waals surface area (Å²) in [4.78, 5) is 50.8. The van der Waals surface area contributed by atoms with Gasteiger partial charge in [0.25, 0.3) is 0 Å². The number of carbonyl (C=O) groups is 4. The van der Waals surface area contributed by atoms with E-state index in [1.807, 2.05) is 0 Å². The fraction of sp³-hybridized carbons (Fsp3) is 0.545. The zero-order valence-electron chi connectivity index (χ0n) is 18.6. The molecule has 10 nitrogen and oxygen atoms in total. The van der Waals surface area contributed by atoms with Crippen molar-refractivity contribution in [1.82, 2.24) is 15.5 Å². The minimum Gasteiger partial charge on any atom is -0.508 e. The molecule has 1 fully saturated rings. The lowest BCUT2D eigenvalue weighted by atomic mass is 10.0. The Morgan fingerprint density at radius 2 is 1.75 bits per heavy atom. The molecule has 2 rings (SSSR count). The van der Waals surface area contributed by atoms with Crippen molar-refractivity contribution in [2.45, 2.75) is 64.2 Å². The first-order chi connectivity index (χ1) is 15.0. The Morgan fingerprint density at radius 1 is 1.12 bits per heavy atom. The van der Waals surface area contributed by atoms with Gasteiger partial charge >= 0.3 is 5.97 Å². The lowest BCUT2D eigenvalue weighted by Crippen LogP contribution is -2.56. The van der Waals surface area contributed by atoms with Crippen LogP contribution in [0.15, 0.2) is 24.3 Å². The summed E-state index contributed by atoms with van der Waals surface area (Å²) in [7, 11) is 0. The monoisotopic (exact) mass is 448 g/mol. The van der Waals surface area contributed by atoms with Gasteiger partial charge in [-0.25, -0.2) is 4.79 Å². The Balaban J connectivity index is 1.96. The Morgan fingerprint density at radius 3 is 2.31 bits per heavy atom. The third-order valence-corrected chi connectivity index (χ3v) is 5.53. The molecule has 1 heterocycles. The van der Waals surface area contributed by atoms with E-state index in [-0.39, 0.29) is 18.1 Å². The highest BCUT2D eigenvalue weighted by molar-refractivity contribution is 5.94. The zero-order valence-corrected chi connectivity index (χ0v) is 18.6. The van der Waals surface area contributed by atoms with Crippen LogP contribution in [0.3, 0.4) is 0 Å². The van der Waals surface area contributed by atoms with E-state index >= 15 is 0 Å². The van der Waals surface area contributed by atoms with Crippen molar-refractivity contribution in [3.63, 3.8) is 0 Å². The summed E-state index contributed by atoms with van der Waals surface area (Å²) in [5, 5.41) is 23.7. The maximum atomic E-state index is 12.9. The molecule has 3 amide bonds. The van der Waals surface area contributed by atoms with E-state index in [0.29, 0.717) is 19.4 Å². The summed E-state index contributed by atoms with van der Waals surface area (Å²) in [5.74, 6) is -2.78. The van der Waals surface area contributed by atoms with Gasteiger partial charge in [-0.3, -0.25) is 14.4 Å². The molecule has 1 aromatic rings. The number of hydrogen-bond donors (Lipinski definition) is 5. The number of phenols is 1. The molecule has 176 valence electrons. The van der Waals surface area contributed by atoms with Crippen LogP contribution in [0.4, 0.5) is 0 Å². The maximum Gasteiger partial charge on any atom is 0.326 e. The van der Waals surface area contributed by atoms with Gasteiger partial charge in [0.1, 0.15) is 23.9 Å². The fourth-order valence-corrected chi connectivity index (χ4v) is 3.68. The van der Waals surface area contributed by atoms with Crippen LogP contribution >= 0.6 is 0 Å². The molecule has 4 atom stereocenters. The Labute approximate surface area is 187 Å². The lowest BCUT2D eigenvalue weighted by molar-refractivity contribution is -0.145. The summed E-state index contributed by atoms with van der Waals surface area (Å²) in [6, 6.07) is 2.69. The highest BCUT2D eigenvalue weighted by Gasteiger charge is 2.38. The standard InChI is InChI=1S/C22H32N4O6/c1-12(2)18(22(31)32)25-20(29)17-5-4-10-26(17)21(30)13(3)24-19(28)16(23)11-14-6-8-15(27)9-7-14/h6-9,12-13,16-18,27H,4-5,10-11,23H2,1-3H3,(H,24,28)(H,25,29)(H,31,32). The predicted octanol–water partition coefficient (Wildman–Crippen LogP) is -0.0169. The number of aromatic hydroxyl groups is 1. The molecule has 1 aliphatic rings. The Kier molecular flexibility index (Phi) is 8.59. The molecule has 4 unspecified atom stereocenters. The number of nitrogens with two attached hydrogens (primary N) is 1. The molecule has 0 radical (unpaired) electrons. The molecular weight excluding hydrogens is 416 g/mol. The van der Waals surface area contributed by atoms with E-state index in [1.54, 1.807) is 26.0 Å². The molecule has 32 heavy (non-hydrogen) atoms. The molecule has 1 saturated heterocycles. The van der Waals surface area contributed by atoms with E-state index < -0.39 is 47.9 Å². The van der Waals surface area contributed by atoms with E-state index in [4.69, 9.17) is 5.73 Å². The second-order valence-electron chi connectivity index (χ2n) is 8.47. The van der Waals surface area contributed by atoms with Crippen LogP contribution in [0.5, 0.6) is 5.75 Å². The minimum atomic E-state index is -1.13. The van der Waals surface area contributed by atoms with Crippen LogP contribution in [0.2, 0.25) is 0 Å². The molecule has 0 spiro atoms. The average molecular weight is 449 g/mol. The summed E-state index contributed by atoms with van der Waals surface area (Å²) in [6.07, 6.45) is 1.25. The summed E-state index contributed by atoms with van der Waals surface area (Å²) in [6.45, 7) is 5.25. The molecule has 0 bridgehead atoms. The van der Waals surface area contributed by atoms with Crippen molar-refractivity contribution >= 4 is 23.7 Å². The van der Waals surface area contributed by atoms with Crippen LogP contribution in [-0.4, -0.2) is 69.5 Å². The predicted molar refractivity (Wildman–Crippen MR) is 117 cm³/mol. The van der Waals surface area contributed by atoms with Gasteiger partial charge in [-0.05, 0) is 49.8 Å². The number of nitrogens with one attached hydrogen (secondary N) is 2. The van der Waals surface area contributed by atoms with Crippen molar-refractivity contribution < 1.29 is 29.4 Å². The Hall–Kier alpha value is -3.14. The lowest BCUT2D eigenvalue weighted by Gasteiger charge is -2.29. The molecule has 0 aromatic heterocycles. The van der Waals surface area contributed by atoms with Crippen LogP contribution in [-0.2, 0) is 25.6 Å². The summed E-state index contributed by atoms with van der Waals surface area (Å²) < 4.78 is 0. The number of phenolic OH excluding ortho intramolecular Hbond substituents is 1. The highest BCUT2D eigenvalue weighted by atomic mass is 16.4. The number of hydrogen-bond acceptors (Lipinski definition) is 6. The summed E-state index contributed by atoms with van der Waals surface area (Å²) >= 11 is 0. The number of rotatable bonds is 9. The minimum absolute atomic E-state index is 0.110. The molecular formula is C22H32N4O6. The van der Waals surface area contributed by atoms with Crippen molar-refractivity contribution in [3.8, 4) is 5.75 Å². The van der Waals surface area contributed by atoms with Gasteiger partial charge in [0, 0.05) is 6.54 Å². The van der Waals surface area contributed by atoms with E-state index in [2.05, 4.69) is 10.6 Å². The molecule has 0 saturated carbocycles. The van der Waals surface area contributed by atoms with Crippen molar-refractivity contribution in [2.75, 3.05) is 6.54 Å². The average Bonchev–Trinajstić information content (AvgIpc) is 3.22. The second kappa shape index (κ2) is 10.9. The normalized spacial score (nSPS) is 18.7. The number of likely N-dealkylation sites (tertiary alicyclic amines) is 1. The number of amides is 3. The maximum absolute atomic E-state index is 12.9. The SMILES string of the molecule is CC(NC(=O)C(N)Cc1ccc(O)cc1)C(=O)N1CCCC1C(=O)NC(C(=O)O)C(C)C. The quantitative estimate of drug-likeness (QED) is 0.355. The van der Waals surface area contributed by atoms with Crippen LogP contribution in [0, 0.1) is 5.92 Å². The molecule has 10 heteroatoms. The molecule has 6 N–H and O–H groups in total. The van der Waals surface area contributed by atoms with Crippen LogP contribution in [0.1, 0.15) is 39.2 Å². The third kappa shape index (κ3) is 6.43. The van der Waals surface area contributed by atoms with Gasteiger partial charge in [-0.15, -0.1) is 0 Å². The number of carbonyl (C=O) groups excluding carboxylic acids is 3. The Bertz CT molecular complexity index is 841. The number of carboxylic acid groups (broad SMARTS) is 1. The van der Waals surface area contributed by atoms with Gasteiger partial charge in [0.15, 0.2) is 0 Å². The van der Waals surface area contributed by atoms with Gasteiger partial charge < -0.3 is 31.5 Å². The number of carboxylic acids is 1. The summed E-state index contributed by atoms with van der Waals surface area (Å²) in [5.41, 5.74) is 6.72. The van der Waals surface area contributed by atoms with Crippen LogP contribution in [0.25, 0.3) is 0 Å². The first-order valence-corrected chi connectivity index (χ1v) is 10.7. The molecule has 1 aliphatic heterocycles. The number of nitrogens with zero attached hydrogens (tertiary/aromatic N) is 1. The largest absolute Gasteiger partial charge is 0.508 e. The number of aliphatic carboxylic acids is 1.